The van der Waals surface area contributed by atoms with E-state index in [0.717, 1.165) is 0 Å². The van der Waals surface area contributed by atoms with Crippen LogP contribution in [0.15, 0.2) is 36.5 Å². The highest BCUT2D eigenvalue weighted by Crippen LogP contribution is 2.27. The Morgan fingerprint density at radius 1 is 1.22 bits per heavy atom. The van der Waals surface area contributed by atoms with E-state index < -0.39 is 5.82 Å². The third-order valence-corrected chi connectivity index (χ3v) is 2.96. The Labute approximate surface area is 113 Å². The first-order chi connectivity index (χ1) is 8.68. The molecule has 0 fully saturated rings. The number of halogens is 3. The van der Waals surface area contributed by atoms with E-state index in [1.165, 1.54) is 12.1 Å². The fourth-order valence-electron chi connectivity index (χ4n) is 1.31. The van der Waals surface area contributed by atoms with Gasteiger partial charge in [0.05, 0.1) is 5.02 Å². The first-order valence-corrected chi connectivity index (χ1v) is 5.85. The van der Waals surface area contributed by atoms with Crippen LogP contribution in [0, 0.1) is 5.82 Å². The molecule has 0 bridgehead atoms. The molecule has 0 spiro atoms. The summed E-state index contributed by atoms with van der Waals surface area (Å²) in [6.07, 6.45) is 1.62. The van der Waals surface area contributed by atoms with Gasteiger partial charge in [0.15, 0.2) is 0 Å². The summed E-state index contributed by atoms with van der Waals surface area (Å²) in [4.78, 5) is 9.17. The molecule has 0 amide bonds. The minimum Gasteiger partial charge on any atom is -0.270 e. The van der Waals surface area contributed by atoms with E-state index in [-0.39, 0.29) is 11.6 Å². The summed E-state index contributed by atoms with van der Waals surface area (Å²) in [5, 5.41) is 0.314. The fraction of sp³-hybridized carbons (Fsp3) is 0.0833. The molecule has 18 heavy (non-hydrogen) atoms. The third-order valence-electron chi connectivity index (χ3n) is 2.20. The van der Waals surface area contributed by atoms with Crippen molar-refractivity contribution < 1.29 is 9.23 Å². The summed E-state index contributed by atoms with van der Waals surface area (Å²) in [6, 6.07) is 7.96. The van der Waals surface area contributed by atoms with Gasteiger partial charge in [-0.2, -0.15) is 0 Å². The topological polar surface area (TPSA) is 34.1 Å². The Morgan fingerprint density at radius 2 is 2.06 bits per heavy atom. The van der Waals surface area contributed by atoms with Crippen LogP contribution in [0.3, 0.4) is 0 Å². The van der Waals surface area contributed by atoms with Crippen molar-refractivity contribution >= 4 is 29.0 Å². The molecule has 1 aromatic carbocycles. The molecule has 0 aliphatic heterocycles. The van der Waals surface area contributed by atoms with Gasteiger partial charge >= 0.3 is 0 Å². The van der Waals surface area contributed by atoms with Crippen LogP contribution in [-0.2, 0) is 11.4 Å². The minimum atomic E-state index is -0.530. The number of anilines is 1. The van der Waals surface area contributed by atoms with Crippen LogP contribution in [-0.4, -0.2) is 4.98 Å². The molecule has 1 N–H and O–H groups in total. The van der Waals surface area contributed by atoms with Crippen LogP contribution >= 0.6 is 23.2 Å². The van der Waals surface area contributed by atoms with Crippen LogP contribution in [0.25, 0.3) is 0 Å². The van der Waals surface area contributed by atoms with Gasteiger partial charge in [-0.25, -0.2) is 14.9 Å². The van der Waals surface area contributed by atoms with Crippen LogP contribution in [0.2, 0.25) is 10.0 Å². The molecule has 0 saturated heterocycles. The van der Waals surface area contributed by atoms with Crippen molar-refractivity contribution in [3.8, 4) is 0 Å². The van der Waals surface area contributed by atoms with Gasteiger partial charge in [-0.1, -0.05) is 29.3 Å². The highest BCUT2D eigenvalue weighted by Gasteiger charge is 2.10. The predicted molar refractivity (Wildman–Crippen MR) is 69.1 cm³/mol. The molecular weight excluding hydrogens is 278 g/mol. The lowest BCUT2D eigenvalue weighted by atomic mass is 10.2. The van der Waals surface area contributed by atoms with Crippen molar-refractivity contribution in [1.29, 1.82) is 0 Å². The predicted octanol–water partition coefficient (Wildman–Crippen LogP) is 4.07. The fourth-order valence-corrected chi connectivity index (χ4v) is 1.79. The number of rotatable bonds is 4. The van der Waals surface area contributed by atoms with E-state index in [1.54, 1.807) is 24.4 Å². The Bertz CT molecular complexity index is 537. The Kier molecular flexibility index (Phi) is 4.36. The highest BCUT2D eigenvalue weighted by molar-refractivity contribution is 6.36. The van der Waals surface area contributed by atoms with Crippen molar-refractivity contribution in [3.63, 3.8) is 0 Å². The second-order valence-corrected chi connectivity index (χ2v) is 4.21. The first kappa shape index (κ1) is 13.1. The van der Waals surface area contributed by atoms with Gasteiger partial charge < -0.3 is 0 Å². The van der Waals surface area contributed by atoms with Crippen LogP contribution < -0.4 is 5.48 Å². The van der Waals surface area contributed by atoms with Crippen molar-refractivity contribution in [2.45, 2.75) is 6.61 Å². The number of benzene rings is 1. The second-order valence-electron chi connectivity index (χ2n) is 3.43. The molecule has 6 heteroatoms. The number of aromatic nitrogens is 1. The Balaban J connectivity index is 2.01. The van der Waals surface area contributed by atoms with Crippen molar-refractivity contribution in [2.75, 3.05) is 5.48 Å². The lowest BCUT2D eigenvalue weighted by Crippen LogP contribution is -2.04. The monoisotopic (exact) mass is 286 g/mol. The van der Waals surface area contributed by atoms with E-state index in [0.29, 0.717) is 16.4 Å². The molecule has 2 aromatic rings. The molecule has 2 rings (SSSR count). The lowest BCUT2D eigenvalue weighted by molar-refractivity contribution is 0.178. The maximum absolute atomic E-state index is 13.2. The molecule has 0 saturated carbocycles. The molecule has 0 aliphatic rings. The SMILES string of the molecule is Fc1ccc(Cl)c(CONc2ccccn2)c1Cl. The van der Waals surface area contributed by atoms with E-state index in [9.17, 15) is 4.39 Å². The molecule has 0 unspecified atom stereocenters. The maximum Gasteiger partial charge on any atom is 0.149 e. The number of hydrogen-bond donors (Lipinski definition) is 1. The quantitative estimate of drug-likeness (QED) is 0.680. The second kappa shape index (κ2) is 6.00. The van der Waals surface area contributed by atoms with E-state index in [2.05, 4.69) is 10.5 Å². The van der Waals surface area contributed by atoms with Crippen molar-refractivity contribution in [2.24, 2.45) is 0 Å². The lowest BCUT2D eigenvalue weighted by Gasteiger charge is -2.09. The molecule has 1 heterocycles. The molecule has 1 aromatic heterocycles. The average Bonchev–Trinajstić information content (AvgIpc) is 2.39. The minimum absolute atomic E-state index is 0.0337. The average molecular weight is 287 g/mol. The molecule has 0 radical (unpaired) electrons. The first-order valence-electron chi connectivity index (χ1n) is 5.09. The van der Waals surface area contributed by atoms with Crippen LogP contribution in [0.1, 0.15) is 5.56 Å². The molecule has 94 valence electrons. The van der Waals surface area contributed by atoms with Crippen LogP contribution in [0.4, 0.5) is 10.2 Å². The van der Waals surface area contributed by atoms with E-state index >= 15 is 0 Å². The largest absolute Gasteiger partial charge is 0.270 e. The molecule has 3 nitrogen and oxygen atoms in total. The number of hydrogen-bond acceptors (Lipinski definition) is 3. The zero-order valence-corrected chi connectivity index (χ0v) is 10.7. The summed E-state index contributed by atoms with van der Waals surface area (Å²) in [7, 11) is 0. The van der Waals surface area contributed by atoms with Crippen LogP contribution in [0.5, 0.6) is 0 Å². The smallest absolute Gasteiger partial charge is 0.149 e. The maximum atomic E-state index is 13.2. The zero-order valence-electron chi connectivity index (χ0n) is 9.16. The normalized spacial score (nSPS) is 10.4. The molecular formula is C12H9Cl2FN2O. The Morgan fingerprint density at radius 3 is 2.78 bits per heavy atom. The summed E-state index contributed by atoms with van der Waals surface area (Å²) in [5.74, 6) is 0.0126. The number of nitrogens with zero attached hydrogens (tertiary/aromatic N) is 1. The highest BCUT2D eigenvalue weighted by atomic mass is 35.5. The van der Waals surface area contributed by atoms with E-state index in [1.807, 2.05) is 0 Å². The van der Waals surface area contributed by atoms with Gasteiger partial charge in [-0.3, -0.25) is 4.84 Å². The third kappa shape index (κ3) is 3.10. The van der Waals surface area contributed by atoms with Gasteiger partial charge in [-0.05, 0) is 24.3 Å². The molecule has 0 atom stereocenters. The molecule has 0 aliphatic carbocycles. The summed E-state index contributed by atoms with van der Waals surface area (Å²) >= 11 is 11.7. The Hall–Kier alpha value is -1.36. The number of pyridine rings is 1. The summed E-state index contributed by atoms with van der Waals surface area (Å²) < 4.78 is 13.2. The zero-order chi connectivity index (χ0) is 13.0. The standard InChI is InChI=1S/C12H9Cl2FN2O/c13-9-4-5-10(15)12(14)8(9)7-18-17-11-3-1-2-6-16-11/h1-6H,7H2,(H,16,17). The van der Waals surface area contributed by atoms with Gasteiger partial charge in [-0.15, -0.1) is 0 Å². The van der Waals surface area contributed by atoms with Crippen molar-refractivity contribution in [1.82, 2.24) is 4.98 Å². The van der Waals surface area contributed by atoms with Gasteiger partial charge in [0.2, 0.25) is 0 Å². The number of nitrogens with one attached hydrogen (secondary N) is 1. The summed E-state index contributed by atoms with van der Waals surface area (Å²) in [5.41, 5.74) is 3.01. The van der Waals surface area contributed by atoms with Crippen molar-refractivity contribution in [3.05, 3.63) is 58.0 Å². The van der Waals surface area contributed by atoms with Gasteiger partial charge in [0, 0.05) is 16.8 Å². The van der Waals surface area contributed by atoms with Gasteiger partial charge in [0.1, 0.15) is 18.2 Å². The summed E-state index contributed by atoms with van der Waals surface area (Å²) in [6.45, 7) is 0.0337. The van der Waals surface area contributed by atoms with Gasteiger partial charge in [0.25, 0.3) is 0 Å². The van der Waals surface area contributed by atoms with E-state index in [4.69, 9.17) is 28.0 Å².